The first kappa shape index (κ1) is 15.0. The zero-order chi connectivity index (χ0) is 16.4. The van der Waals surface area contributed by atoms with Crippen LogP contribution in [0.25, 0.3) is 16.9 Å². The standard InChI is InChI=1S/C17H21N7/c18-11-12-5-7-13(8-6-12)20-17-19-10-9-16(21-17)24-15-4-2-1-3-14(15)22-23-24/h1-4,9-10,12-13H,5-8,11,18H2,(H,19,20,21). The number of aromatic nitrogens is 5. The van der Waals surface area contributed by atoms with Gasteiger partial charge in [-0.25, -0.2) is 4.98 Å². The summed E-state index contributed by atoms with van der Waals surface area (Å²) in [6.45, 7) is 0.790. The van der Waals surface area contributed by atoms with Crippen molar-refractivity contribution in [3.8, 4) is 5.82 Å². The van der Waals surface area contributed by atoms with Gasteiger partial charge in [-0.05, 0) is 50.3 Å². The van der Waals surface area contributed by atoms with E-state index >= 15 is 0 Å². The number of rotatable bonds is 4. The van der Waals surface area contributed by atoms with Crippen LogP contribution >= 0.6 is 0 Å². The van der Waals surface area contributed by atoms with E-state index in [9.17, 15) is 0 Å². The van der Waals surface area contributed by atoms with Crippen molar-refractivity contribution < 1.29 is 0 Å². The first-order valence-corrected chi connectivity index (χ1v) is 8.44. The Labute approximate surface area is 140 Å². The minimum absolute atomic E-state index is 0.413. The third-order valence-corrected chi connectivity index (χ3v) is 4.72. The van der Waals surface area contributed by atoms with Crippen LogP contribution in [0.5, 0.6) is 0 Å². The Kier molecular flexibility index (Phi) is 4.08. The molecule has 0 bridgehead atoms. The molecule has 24 heavy (non-hydrogen) atoms. The van der Waals surface area contributed by atoms with Gasteiger partial charge in [0.15, 0.2) is 5.82 Å². The van der Waals surface area contributed by atoms with Crippen LogP contribution in [0.1, 0.15) is 25.7 Å². The van der Waals surface area contributed by atoms with E-state index in [1.54, 1.807) is 10.9 Å². The smallest absolute Gasteiger partial charge is 0.224 e. The van der Waals surface area contributed by atoms with Crippen molar-refractivity contribution >= 4 is 17.0 Å². The van der Waals surface area contributed by atoms with Gasteiger partial charge < -0.3 is 11.1 Å². The molecule has 0 saturated heterocycles. The highest BCUT2D eigenvalue weighted by Gasteiger charge is 2.20. The van der Waals surface area contributed by atoms with E-state index in [1.165, 1.54) is 12.8 Å². The first-order chi connectivity index (χ1) is 11.8. The predicted octanol–water partition coefficient (Wildman–Crippen LogP) is 2.14. The van der Waals surface area contributed by atoms with E-state index in [1.807, 2.05) is 30.3 Å². The zero-order valence-electron chi connectivity index (χ0n) is 13.5. The zero-order valence-corrected chi connectivity index (χ0v) is 13.5. The molecule has 0 radical (unpaired) electrons. The molecule has 7 nitrogen and oxygen atoms in total. The van der Waals surface area contributed by atoms with E-state index in [2.05, 4.69) is 25.6 Å². The minimum atomic E-state index is 0.413. The number of anilines is 1. The summed E-state index contributed by atoms with van der Waals surface area (Å²) in [5.74, 6) is 2.02. The van der Waals surface area contributed by atoms with Gasteiger partial charge in [-0.15, -0.1) is 5.10 Å². The summed E-state index contributed by atoms with van der Waals surface area (Å²) in [5, 5.41) is 11.8. The highest BCUT2D eigenvalue weighted by molar-refractivity contribution is 5.75. The molecule has 3 N–H and O–H groups in total. The molecule has 0 spiro atoms. The number of fused-ring (bicyclic) bond motifs is 1. The number of hydrogen-bond acceptors (Lipinski definition) is 6. The van der Waals surface area contributed by atoms with Crippen molar-refractivity contribution in [2.45, 2.75) is 31.7 Å². The highest BCUT2D eigenvalue weighted by Crippen LogP contribution is 2.25. The fourth-order valence-electron chi connectivity index (χ4n) is 3.30. The van der Waals surface area contributed by atoms with Gasteiger partial charge in [0, 0.05) is 18.3 Å². The van der Waals surface area contributed by atoms with Gasteiger partial charge in [0.2, 0.25) is 5.95 Å². The van der Waals surface area contributed by atoms with Crippen molar-refractivity contribution in [3.05, 3.63) is 36.5 Å². The van der Waals surface area contributed by atoms with Gasteiger partial charge in [-0.1, -0.05) is 17.3 Å². The summed E-state index contributed by atoms with van der Waals surface area (Å²) >= 11 is 0. The van der Waals surface area contributed by atoms with E-state index in [4.69, 9.17) is 5.73 Å². The third-order valence-electron chi connectivity index (χ3n) is 4.72. The van der Waals surface area contributed by atoms with E-state index in [0.717, 1.165) is 36.2 Å². The maximum atomic E-state index is 5.76. The molecular formula is C17H21N7. The van der Waals surface area contributed by atoms with Crippen LogP contribution in [0.4, 0.5) is 5.95 Å². The normalized spacial score (nSPS) is 21.0. The lowest BCUT2D eigenvalue weighted by atomic mass is 9.86. The van der Waals surface area contributed by atoms with Crippen molar-refractivity contribution in [3.63, 3.8) is 0 Å². The Morgan fingerprint density at radius 3 is 2.79 bits per heavy atom. The first-order valence-electron chi connectivity index (χ1n) is 8.44. The summed E-state index contributed by atoms with van der Waals surface area (Å²) < 4.78 is 1.74. The molecule has 1 aliphatic carbocycles. The molecular weight excluding hydrogens is 302 g/mol. The Bertz CT molecular complexity index is 820. The van der Waals surface area contributed by atoms with Crippen LogP contribution in [0.15, 0.2) is 36.5 Å². The van der Waals surface area contributed by atoms with Crippen molar-refractivity contribution in [2.75, 3.05) is 11.9 Å². The van der Waals surface area contributed by atoms with Crippen LogP contribution in [-0.4, -0.2) is 37.5 Å². The predicted molar refractivity (Wildman–Crippen MR) is 92.9 cm³/mol. The van der Waals surface area contributed by atoms with E-state index in [0.29, 0.717) is 17.9 Å². The Morgan fingerprint density at radius 2 is 1.96 bits per heavy atom. The van der Waals surface area contributed by atoms with Gasteiger partial charge in [0.1, 0.15) is 5.52 Å². The second kappa shape index (κ2) is 6.52. The van der Waals surface area contributed by atoms with Crippen LogP contribution < -0.4 is 11.1 Å². The van der Waals surface area contributed by atoms with Gasteiger partial charge in [0.25, 0.3) is 0 Å². The largest absolute Gasteiger partial charge is 0.351 e. The van der Waals surface area contributed by atoms with Crippen LogP contribution in [0.3, 0.4) is 0 Å². The fourth-order valence-corrected chi connectivity index (χ4v) is 3.30. The second-order valence-electron chi connectivity index (χ2n) is 6.33. The molecule has 1 aromatic carbocycles. The fraction of sp³-hybridized carbons (Fsp3) is 0.412. The van der Waals surface area contributed by atoms with E-state index < -0.39 is 0 Å². The molecule has 2 aromatic heterocycles. The number of hydrogen-bond donors (Lipinski definition) is 2. The molecule has 2 heterocycles. The van der Waals surface area contributed by atoms with Gasteiger partial charge in [0.05, 0.1) is 5.52 Å². The second-order valence-corrected chi connectivity index (χ2v) is 6.33. The molecule has 1 saturated carbocycles. The molecule has 4 rings (SSSR count). The average molecular weight is 323 g/mol. The number of nitrogens with two attached hydrogens (primary N) is 1. The molecule has 0 atom stereocenters. The lowest BCUT2D eigenvalue weighted by Gasteiger charge is -2.28. The lowest BCUT2D eigenvalue weighted by Crippen LogP contribution is -2.29. The Morgan fingerprint density at radius 1 is 1.12 bits per heavy atom. The maximum absolute atomic E-state index is 5.76. The van der Waals surface area contributed by atoms with Crippen molar-refractivity contribution in [1.82, 2.24) is 25.0 Å². The lowest BCUT2D eigenvalue weighted by molar-refractivity contribution is 0.344. The average Bonchev–Trinajstić information content (AvgIpc) is 3.07. The van der Waals surface area contributed by atoms with Crippen LogP contribution in [0, 0.1) is 5.92 Å². The monoisotopic (exact) mass is 323 g/mol. The third kappa shape index (κ3) is 2.94. The summed E-state index contributed by atoms with van der Waals surface area (Å²) in [6, 6.07) is 10.1. The summed E-state index contributed by atoms with van der Waals surface area (Å²) in [4.78, 5) is 8.97. The molecule has 1 fully saturated rings. The number of benzene rings is 1. The van der Waals surface area contributed by atoms with Crippen LogP contribution in [0.2, 0.25) is 0 Å². The van der Waals surface area contributed by atoms with Crippen molar-refractivity contribution in [2.24, 2.45) is 11.7 Å². The molecule has 0 amide bonds. The molecule has 124 valence electrons. The number of para-hydroxylation sites is 1. The van der Waals surface area contributed by atoms with E-state index in [-0.39, 0.29) is 0 Å². The van der Waals surface area contributed by atoms with Gasteiger partial charge >= 0.3 is 0 Å². The molecule has 1 aliphatic rings. The summed E-state index contributed by atoms with van der Waals surface area (Å²) in [5.41, 5.74) is 7.55. The Hall–Kier alpha value is -2.54. The summed E-state index contributed by atoms with van der Waals surface area (Å²) in [6.07, 6.45) is 6.32. The van der Waals surface area contributed by atoms with Crippen molar-refractivity contribution in [1.29, 1.82) is 0 Å². The number of nitrogens with one attached hydrogen (secondary N) is 1. The summed E-state index contributed by atoms with van der Waals surface area (Å²) in [7, 11) is 0. The van der Waals surface area contributed by atoms with Gasteiger partial charge in [-0.3, -0.25) is 0 Å². The molecule has 3 aromatic rings. The molecule has 0 unspecified atom stereocenters. The SMILES string of the molecule is NCC1CCC(Nc2nccc(-n3nnc4ccccc43)n2)CC1. The quantitative estimate of drug-likeness (QED) is 0.764. The topological polar surface area (TPSA) is 94.5 Å². The molecule has 7 heteroatoms. The minimum Gasteiger partial charge on any atom is -0.351 e. The Balaban J connectivity index is 1.54. The molecule has 0 aliphatic heterocycles. The van der Waals surface area contributed by atoms with Crippen LogP contribution in [-0.2, 0) is 0 Å². The van der Waals surface area contributed by atoms with Gasteiger partial charge in [-0.2, -0.15) is 9.67 Å². The number of nitrogens with zero attached hydrogens (tertiary/aromatic N) is 5. The maximum Gasteiger partial charge on any atom is 0.224 e. The highest BCUT2D eigenvalue weighted by atomic mass is 15.4.